The molecule has 1 aromatic rings. The van der Waals surface area contributed by atoms with Crippen molar-refractivity contribution in [3.8, 4) is 0 Å². The first-order valence-electron chi connectivity index (χ1n) is 4.90. The van der Waals surface area contributed by atoms with E-state index in [0.717, 1.165) is 0 Å². The third-order valence-corrected chi connectivity index (χ3v) is 2.39. The van der Waals surface area contributed by atoms with Crippen LogP contribution in [0.2, 0.25) is 5.02 Å². The summed E-state index contributed by atoms with van der Waals surface area (Å²) in [5, 5.41) is 0.346. The normalized spacial score (nSPS) is 11.5. The molecule has 1 aromatic carbocycles. The van der Waals surface area contributed by atoms with Crippen molar-refractivity contribution in [3.05, 3.63) is 34.6 Å². The molecule has 2 N–H and O–H groups in total. The summed E-state index contributed by atoms with van der Waals surface area (Å²) in [6.07, 6.45) is -0.0169. The predicted molar refractivity (Wildman–Crippen MR) is 66.8 cm³/mol. The Labute approximate surface area is 110 Å². The van der Waals surface area contributed by atoms with Crippen LogP contribution in [0.25, 0.3) is 0 Å². The Bertz CT molecular complexity index is 388. The quantitative estimate of drug-likeness (QED) is 0.864. The van der Waals surface area contributed by atoms with E-state index in [0.29, 0.717) is 17.2 Å². The molecule has 0 saturated heterocycles. The van der Waals surface area contributed by atoms with Gasteiger partial charge in [0, 0.05) is 11.1 Å². The van der Waals surface area contributed by atoms with E-state index in [1.54, 1.807) is 6.92 Å². The van der Waals surface area contributed by atoms with Gasteiger partial charge in [0.15, 0.2) is 0 Å². The summed E-state index contributed by atoms with van der Waals surface area (Å²) in [6.45, 7) is 2.00. The molecular formula is C11H14Cl2FNO2. The summed E-state index contributed by atoms with van der Waals surface area (Å²) < 4.78 is 17.7. The molecule has 0 radical (unpaired) electrons. The lowest BCUT2D eigenvalue weighted by molar-refractivity contribution is -0.143. The Hall–Kier alpha value is -0.840. The number of halogens is 3. The van der Waals surface area contributed by atoms with Gasteiger partial charge in [0.25, 0.3) is 0 Å². The molecule has 0 aliphatic rings. The average molecular weight is 282 g/mol. The minimum Gasteiger partial charge on any atom is -0.466 e. The third kappa shape index (κ3) is 4.89. The van der Waals surface area contributed by atoms with Gasteiger partial charge in [-0.3, -0.25) is 4.79 Å². The number of rotatable bonds is 4. The zero-order valence-corrected chi connectivity index (χ0v) is 10.9. The van der Waals surface area contributed by atoms with Crippen LogP contribution in [0.15, 0.2) is 18.2 Å². The molecule has 0 saturated carbocycles. The number of carbonyl (C=O) groups is 1. The van der Waals surface area contributed by atoms with Crippen molar-refractivity contribution < 1.29 is 13.9 Å². The van der Waals surface area contributed by atoms with Gasteiger partial charge in [-0.25, -0.2) is 4.39 Å². The molecule has 0 unspecified atom stereocenters. The van der Waals surface area contributed by atoms with Crippen molar-refractivity contribution in [2.75, 3.05) is 6.61 Å². The first-order valence-corrected chi connectivity index (χ1v) is 5.28. The number of hydrogen-bond donors (Lipinski definition) is 1. The van der Waals surface area contributed by atoms with E-state index < -0.39 is 17.8 Å². The monoisotopic (exact) mass is 281 g/mol. The second kappa shape index (κ2) is 7.48. The second-order valence-electron chi connectivity index (χ2n) is 3.28. The van der Waals surface area contributed by atoms with Crippen molar-refractivity contribution in [2.24, 2.45) is 5.73 Å². The molecule has 0 aliphatic heterocycles. The first-order chi connectivity index (χ1) is 7.54. The molecule has 1 atom stereocenters. The fraction of sp³-hybridized carbons (Fsp3) is 0.364. The Balaban J connectivity index is 0.00000256. The van der Waals surface area contributed by atoms with E-state index in [1.165, 1.54) is 18.2 Å². The Morgan fingerprint density at radius 1 is 1.59 bits per heavy atom. The standard InChI is InChI=1S/C11H13ClFNO2.ClH/c1-2-16-11(15)6-10(14)8-5-7(13)3-4-9(8)12;/h3-5,10H,2,6,14H2,1H3;1H/t10-;/m1./s1. The van der Waals surface area contributed by atoms with Gasteiger partial charge in [-0.15, -0.1) is 12.4 Å². The summed E-state index contributed by atoms with van der Waals surface area (Å²) in [7, 11) is 0. The molecule has 0 aliphatic carbocycles. The molecular weight excluding hydrogens is 268 g/mol. The highest BCUT2D eigenvalue weighted by atomic mass is 35.5. The van der Waals surface area contributed by atoms with Gasteiger partial charge in [0.1, 0.15) is 5.82 Å². The van der Waals surface area contributed by atoms with E-state index in [9.17, 15) is 9.18 Å². The summed E-state index contributed by atoms with van der Waals surface area (Å²) in [6, 6.07) is 3.23. The molecule has 17 heavy (non-hydrogen) atoms. The number of ether oxygens (including phenoxy) is 1. The lowest BCUT2D eigenvalue weighted by atomic mass is 10.0. The van der Waals surface area contributed by atoms with E-state index in [4.69, 9.17) is 22.1 Å². The molecule has 1 rings (SSSR count). The minimum atomic E-state index is -0.651. The molecule has 3 nitrogen and oxygen atoms in total. The number of nitrogens with two attached hydrogens (primary N) is 1. The van der Waals surface area contributed by atoms with Gasteiger partial charge in [-0.1, -0.05) is 11.6 Å². The van der Waals surface area contributed by atoms with Crippen LogP contribution < -0.4 is 5.73 Å². The summed E-state index contributed by atoms with van der Waals surface area (Å²) in [5.41, 5.74) is 6.16. The topological polar surface area (TPSA) is 52.3 Å². The number of benzene rings is 1. The van der Waals surface area contributed by atoms with Crippen molar-refractivity contribution in [1.82, 2.24) is 0 Å². The second-order valence-corrected chi connectivity index (χ2v) is 3.69. The Kier molecular flexibility index (Phi) is 7.11. The number of esters is 1. The van der Waals surface area contributed by atoms with Gasteiger partial charge < -0.3 is 10.5 Å². The van der Waals surface area contributed by atoms with Crippen LogP contribution in [0.4, 0.5) is 4.39 Å². The van der Waals surface area contributed by atoms with Crippen molar-refractivity contribution in [2.45, 2.75) is 19.4 Å². The maximum Gasteiger partial charge on any atom is 0.307 e. The van der Waals surface area contributed by atoms with Crippen LogP contribution in [0.3, 0.4) is 0 Å². The smallest absolute Gasteiger partial charge is 0.307 e. The molecule has 0 fully saturated rings. The first kappa shape index (κ1) is 16.2. The van der Waals surface area contributed by atoms with Gasteiger partial charge in [0.2, 0.25) is 0 Å². The van der Waals surface area contributed by atoms with Crippen molar-refractivity contribution in [1.29, 1.82) is 0 Å². The van der Waals surface area contributed by atoms with E-state index in [1.807, 2.05) is 0 Å². The van der Waals surface area contributed by atoms with Gasteiger partial charge in [-0.2, -0.15) is 0 Å². The van der Waals surface area contributed by atoms with Crippen LogP contribution in [-0.4, -0.2) is 12.6 Å². The lowest BCUT2D eigenvalue weighted by Gasteiger charge is -2.12. The predicted octanol–water partition coefficient (Wildman–Crippen LogP) is 2.85. The zero-order valence-electron chi connectivity index (χ0n) is 9.28. The van der Waals surface area contributed by atoms with E-state index in [-0.39, 0.29) is 18.8 Å². The molecule has 96 valence electrons. The van der Waals surface area contributed by atoms with Gasteiger partial charge >= 0.3 is 5.97 Å². The summed E-state index contributed by atoms with van der Waals surface area (Å²) in [5.74, 6) is -0.853. The van der Waals surface area contributed by atoms with Crippen molar-refractivity contribution in [3.63, 3.8) is 0 Å². The molecule has 0 heterocycles. The summed E-state index contributed by atoms with van der Waals surface area (Å²) >= 11 is 5.85. The highest BCUT2D eigenvalue weighted by Gasteiger charge is 2.15. The summed E-state index contributed by atoms with van der Waals surface area (Å²) in [4.78, 5) is 11.2. The fourth-order valence-corrected chi connectivity index (χ4v) is 1.57. The molecule has 6 heteroatoms. The number of carbonyl (C=O) groups excluding carboxylic acids is 1. The van der Waals surface area contributed by atoms with Crippen LogP contribution in [0.5, 0.6) is 0 Å². The third-order valence-electron chi connectivity index (χ3n) is 2.05. The van der Waals surface area contributed by atoms with Gasteiger partial charge in [0.05, 0.1) is 13.0 Å². The Morgan fingerprint density at radius 3 is 2.82 bits per heavy atom. The maximum atomic E-state index is 13.0. The highest BCUT2D eigenvalue weighted by molar-refractivity contribution is 6.31. The van der Waals surface area contributed by atoms with Crippen LogP contribution in [0, 0.1) is 5.82 Å². The van der Waals surface area contributed by atoms with E-state index >= 15 is 0 Å². The van der Waals surface area contributed by atoms with Gasteiger partial charge in [-0.05, 0) is 30.7 Å². The van der Waals surface area contributed by atoms with E-state index in [2.05, 4.69) is 0 Å². The van der Waals surface area contributed by atoms with Crippen molar-refractivity contribution >= 4 is 30.0 Å². The largest absolute Gasteiger partial charge is 0.466 e. The zero-order chi connectivity index (χ0) is 12.1. The molecule has 0 spiro atoms. The van der Waals surface area contributed by atoms with Crippen LogP contribution in [-0.2, 0) is 9.53 Å². The highest BCUT2D eigenvalue weighted by Crippen LogP contribution is 2.24. The lowest BCUT2D eigenvalue weighted by Crippen LogP contribution is -2.17. The fourth-order valence-electron chi connectivity index (χ4n) is 1.31. The SMILES string of the molecule is CCOC(=O)C[C@@H](N)c1cc(F)ccc1Cl.Cl. The van der Waals surface area contributed by atoms with Crippen LogP contribution in [0.1, 0.15) is 24.9 Å². The molecule has 0 bridgehead atoms. The maximum absolute atomic E-state index is 13.0. The number of hydrogen-bond acceptors (Lipinski definition) is 3. The molecule has 0 aromatic heterocycles. The average Bonchev–Trinajstić information content (AvgIpc) is 2.21. The Morgan fingerprint density at radius 2 is 2.24 bits per heavy atom. The minimum absolute atomic E-state index is 0. The van der Waals surface area contributed by atoms with Crippen LogP contribution >= 0.6 is 24.0 Å². The molecule has 0 amide bonds.